The van der Waals surface area contributed by atoms with Gasteiger partial charge in [-0.25, -0.2) is 17.2 Å². The van der Waals surface area contributed by atoms with Gasteiger partial charge in [0, 0.05) is 30.1 Å². The molecule has 0 aliphatic carbocycles. The third kappa shape index (κ3) is 6.68. The normalized spacial score (nSPS) is 15.2. The molecule has 1 heterocycles. The van der Waals surface area contributed by atoms with Crippen molar-refractivity contribution in [2.45, 2.75) is 43.4 Å². The number of amides is 1. The lowest BCUT2D eigenvalue weighted by Gasteiger charge is -2.25. The summed E-state index contributed by atoms with van der Waals surface area (Å²) in [6.45, 7) is 2.67. The van der Waals surface area contributed by atoms with Crippen molar-refractivity contribution in [3.05, 3.63) is 106 Å². The van der Waals surface area contributed by atoms with E-state index in [1.54, 1.807) is 0 Å². The van der Waals surface area contributed by atoms with Gasteiger partial charge in [0.1, 0.15) is 11.6 Å². The number of rotatable bonds is 10. The SMILES string of the molecule is CCc1cccc(CNC[C@H](O)[C@H](Cc2cc(F)cc(F)c2)NC(=O)c2ccc3c(c2)C=CS3(=O)=O)c1. The lowest BCUT2D eigenvalue weighted by Crippen LogP contribution is -2.48. The third-order valence-corrected chi connectivity index (χ3v) is 7.73. The molecule has 37 heavy (non-hydrogen) atoms. The number of carbonyl (C=O) groups is 1. The van der Waals surface area contributed by atoms with Crippen LogP contribution in [-0.4, -0.2) is 38.1 Å². The Labute approximate surface area is 215 Å². The second kappa shape index (κ2) is 11.3. The predicted octanol–water partition coefficient (Wildman–Crippen LogP) is 3.78. The van der Waals surface area contributed by atoms with Crippen molar-refractivity contribution >= 4 is 21.8 Å². The van der Waals surface area contributed by atoms with Gasteiger partial charge in [0.05, 0.1) is 17.0 Å². The lowest BCUT2D eigenvalue weighted by atomic mass is 9.99. The lowest BCUT2D eigenvalue weighted by molar-refractivity contribution is 0.0829. The van der Waals surface area contributed by atoms with Crippen molar-refractivity contribution in [3.63, 3.8) is 0 Å². The van der Waals surface area contributed by atoms with Gasteiger partial charge in [0.15, 0.2) is 9.84 Å². The number of hydrogen-bond donors (Lipinski definition) is 3. The first kappa shape index (κ1) is 26.7. The smallest absolute Gasteiger partial charge is 0.251 e. The number of aryl methyl sites for hydroxylation is 1. The second-order valence-electron chi connectivity index (χ2n) is 9.03. The molecule has 9 heteroatoms. The standard InChI is InChI=1S/C28H28F2N2O4S/c1-2-18-4-3-5-19(10-18)16-31-17-26(33)25(13-20-11-23(29)15-24(30)12-20)32-28(34)22-6-7-27-21(14-22)8-9-37(27,35)36/h3-12,14-15,25-26,31,33H,2,13,16-17H2,1H3,(H,32,34)/t25-,26-/m0/s1. The quantitative estimate of drug-likeness (QED) is 0.374. The van der Waals surface area contributed by atoms with Crippen LogP contribution in [0, 0.1) is 11.6 Å². The van der Waals surface area contributed by atoms with Crippen molar-refractivity contribution in [1.29, 1.82) is 0 Å². The third-order valence-electron chi connectivity index (χ3n) is 6.25. The maximum atomic E-state index is 13.8. The summed E-state index contributed by atoms with van der Waals surface area (Å²) in [5.41, 5.74) is 3.11. The van der Waals surface area contributed by atoms with Gasteiger partial charge in [-0.15, -0.1) is 0 Å². The van der Waals surface area contributed by atoms with Crippen molar-refractivity contribution < 1.29 is 27.1 Å². The Bertz CT molecular complexity index is 1420. The van der Waals surface area contributed by atoms with E-state index < -0.39 is 39.5 Å². The zero-order chi connectivity index (χ0) is 26.6. The highest BCUT2D eigenvalue weighted by Gasteiger charge is 2.25. The molecule has 0 saturated heterocycles. The number of halogens is 2. The van der Waals surface area contributed by atoms with Crippen molar-refractivity contribution in [2.75, 3.05) is 6.54 Å². The summed E-state index contributed by atoms with van der Waals surface area (Å²) in [4.78, 5) is 13.2. The predicted molar refractivity (Wildman–Crippen MR) is 138 cm³/mol. The molecule has 0 radical (unpaired) electrons. The van der Waals surface area contributed by atoms with E-state index in [1.807, 2.05) is 18.2 Å². The molecular formula is C28H28F2N2O4S. The Hall–Kier alpha value is -3.40. The van der Waals surface area contributed by atoms with Gasteiger partial charge in [0.25, 0.3) is 5.91 Å². The monoisotopic (exact) mass is 526 g/mol. The van der Waals surface area contributed by atoms with Gasteiger partial charge in [-0.1, -0.05) is 31.2 Å². The van der Waals surface area contributed by atoms with Gasteiger partial charge in [-0.2, -0.15) is 0 Å². The van der Waals surface area contributed by atoms with Crippen LogP contribution in [0.15, 0.2) is 71.0 Å². The highest BCUT2D eigenvalue weighted by Crippen LogP contribution is 2.27. The summed E-state index contributed by atoms with van der Waals surface area (Å²) in [6, 6.07) is 14.4. The maximum Gasteiger partial charge on any atom is 0.251 e. The molecule has 194 valence electrons. The van der Waals surface area contributed by atoms with E-state index in [4.69, 9.17) is 0 Å². The molecule has 1 amide bonds. The van der Waals surface area contributed by atoms with Crippen LogP contribution in [0.1, 0.15) is 39.5 Å². The van der Waals surface area contributed by atoms with Crippen LogP contribution in [0.3, 0.4) is 0 Å². The molecule has 1 aliphatic heterocycles. The molecule has 0 unspecified atom stereocenters. The molecule has 0 bridgehead atoms. The molecule has 1 aliphatic rings. The van der Waals surface area contributed by atoms with Gasteiger partial charge < -0.3 is 15.7 Å². The van der Waals surface area contributed by atoms with Gasteiger partial charge in [-0.05, 0) is 71.5 Å². The number of nitrogens with one attached hydrogen (secondary N) is 2. The topological polar surface area (TPSA) is 95.5 Å². The van der Waals surface area contributed by atoms with Gasteiger partial charge >= 0.3 is 0 Å². The number of fused-ring (bicyclic) bond motifs is 1. The minimum atomic E-state index is -3.50. The van der Waals surface area contributed by atoms with Crippen LogP contribution in [0.4, 0.5) is 8.78 Å². The number of aliphatic hydroxyl groups is 1. The highest BCUT2D eigenvalue weighted by molar-refractivity contribution is 7.94. The Kier molecular flexibility index (Phi) is 8.16. The fraction of sp³-hybridized carbons (Fsp3) is 0.250. The Morgan fingerprint density at radius 2 is 1.70 bits per heavy atom. The molecule has 3 aromatic rings. The largest absolute Gasteiger partial charge is 0.390 e. The molecular weight excluding hydrogens is 498 g/mol. The molecule has 4 rings (SSSR count). The molecule has 0 fully saturated rings. The number of sulfone groups is 1. The molecule has 3 N–H and O–H groups in total. The summed E-state index contributed by atoms with van der Waals surface area (Å²) in [5.74, 6) is -2.05. The Morgan fingerprint density at radius 1 is 0.973 bits per heavy atom. The zero-order valence-electron chi connectivity index (χ0n) is 20.2. The highest BCUT2D eigenvalue weighted by atomic mass is 32.2. The van der Waals surface area contributed by atoms with Crippen LogP contribution in [-0.2, 0) is 29.2 Å². The first-order chi connectivity index (χ1) is 17.6. The summed E-state index contributed by atoms with van der Waals surface area (Å²) in [7, 11) is -3.50. The minimum Gasteiger partial charge on any atom is -0.390 e. The first-order valence-electron chi connectivity index (χ1n) is 11.9. The molecule has 3 aromatic carbocycles. The van der Waals surface area contributed by atoms with E-state index in [0.717, 1.165) is 35.6 Å². The molecule has 6 nitrogen and oxygen atoms in total. The minimum absolute atomic E-state index is 0.0200. The van der Waals surface area contributed by atoms with Crippen molar-refractivity contribution in [2.24, 2.45) is 0 Å². The average molecular weight is 527 g/mol. The van der Waals surface area contributed by atoms with E-state index in [9.17, 15) is 27.1 Å². The van der Waals surface area contributed by atoms with Gasteiger partial charge in [0.2, 0.25) is 0 Å². The van der Waals surface area contributed by atoms with Crippen LogP contribution in [0.25, 0.3) is 6.08 Å². The van der Waals surface area contributed by atoms with Crippen LogP contribution < -0.4 is 10.6 Å². The van der Waals surface area contributed by atoms with E-state index in [0.29, 0.717) is 12.1 Å². The van der Waals surface area contributed by atoms with E-state index in [-0.39, 0.29) is 29.0 Å². The van der Waals surface area contributed by atoms with E-state index >= 15 is 0 Å². The summed E-state index contributed by atoms with van der Waals surface area (Å²) < 4.78 is 51.6. The summed E-state index contributed by atoms with van der Waals surface area (Å²) in [5, 5.41) is 18.0. The molecule has 2 atom stereocenters. The average Bonchev–Trinajstić information content (AvgIpc) is 3.16. The van der Waals surface area contributed by atoms with Crippen LogP contribution in [0.2, 0.25) is 0 Å². The number of aliphatic hydroxyl groups excluding tert-OH is 1. The fourth-order valence-electron chi connectivity index (χ4n) is 4.30. The van der Waals surface area contributed by atoms with Gasteiger partial charge in [-0.3, -0.25) is 4.79 Å². The molecule has 0 aromatic heterocycles. The van der Waals surface area contributed by atoms with Crippen molar-refractivity contribution in [3.8, 4) is 0 Å². The molecule has 0 saturated carbocycles. The zero-order valence-corrected chi connectivity index (χ0v) is 21.1. The summed E-state index contributed by atoms with van der Waals surface area (Å²) >= 11 is 0. The van der Waals surface area contributed by atoms with Crippen molar-refractivity contribution in [1.82, 2.24) is 10.6 Å². The molecule has 0 spiro atoms. The van der Waals surface area contributed by atoms with E-state index in [2.05, 4.69) is 23.6 Å². The second-order valence-corrected chi connectivity index (χ2v) is 10.8. The van der Waals surface area contributed by atoms with Crippen LogP contribution >= 0.6 is 0 Å². The van der Waals surface area contributed by atoms with E-state index in [1.165, 1.54) is 29.8 Å². The summed E-state index contributed by atoms with van der Waals surface area (Å²) in [6.07, 6.45) is 1.22. The Morgan fingerprint density at radius 3 is 2.43 bits per heavy atom. The number of carbonyl (C=O) groups excluding carboxylic acids is 1. The first-order valence-corrected chi connectivity index (χ1v) is 13.5. The maximum absolute atomic E-state index is 13.8. The van der Waals surface area contributed by atoms with Crippen LogP contribution in [0.5, 0.6) is 0 Å². The Balaban J connectivity index is 1.49. The number of hydrogen-bond acceptors (Lipinski definition) is 5. The fourth-order valence-corrected chi connectivity index (χ4v) is 5.48. The number of benzene rings is 3.